The molecule has 1 aromatic carbocycles. The highest BCUT2D eigenvalue weighted by Crippen LogP contribution is 2.33. The highest BCUT2D eigenvalue weighted by Gasteiger charge is 2.17. The highest BCUT2D eigenvalue weighted by molar-refractivity contribution is 6.31. The summed E-state index contributed by atoms with van der Waals surface area (Å²) in [5.74, 6) is -1.85. The molecule has 16 heavy (non-hydrogen) atoms. The van der Waals surface area contributed by atoms with E-state index in [1.165, 1.54) is 6.07 Å². The third kappa shape index (κ3) is 2.71. The second-order valence-corrected chi connectivity index (χ2v) is 3.23. The lowest BCUT2D eigenvalue weighted by Gasteiger charge is -2.01. The van der Waals surface area contributed by atoms with Crippen LogP contribution in [0.15, 0.2) is 18.2 Å². The number of nitrogens with zero attached hydrogens (tertiary/aromatic N) is 1. The van der Waals surface area contributed by atoms with Crippen molar-refractivity contribution >= 4 is 29.3 Å². The summed E-state index contributed by atoms with van der Waals surface area (Å²) in [5, 5.41) is 28.4. The third-order valence-corrected chi connectivity index (χ3v) is 1.90. The lowest BCUT2D eigenvalue weighted by Crippen LogP contribution is -1.91. The normalized spacial score (nSPS) is 10.6. The van der Waals surface area contributed by atoms with Crippen molar-refractivity contribution in [1.29, 1.82) is 0 Å². The monoisotopic (exact) mass is 243 g/mol. The van der Waals surface area contributed by atoms with Gasteiger partial charge in [-0.1, -0.05) is 11.6 Å². The number of carboxylic acid groups (broad SMARTS) is 1. The number of aliphatic carboxylic acids is 1. The van der Waals surface area contributed by atoms with E-state index >= 15 is 0 Å². The fourth-order valence-electron chi connectivity index (χ4n) is 1.03. The van der Waals surface area contributed by atoms with E-state index in [2.05, 4.69) is 0 Å². The maximum Gasteiger partial charge on any atom is 0.328 e. The maximum absolute atomic E-state index is 10.5. The van der Waals surface area contributed by atoms with E-state index in [1.807, 2.05) is 0 Å². The van der Waals surface area contributed by atoms with Gasteiger partial charge in [-0.3, -0.25) is 10.1 Å². The summed E-state index contributed by atoms with van der Waals surface area (Å²) < 4.78 is 0. The summed E-state index contributed by atoms with van der Waals surface area (Å²) in [4.78, 5) is 20.0. The van der Waals surface area contributed by atoms with Crippen molar-refractivity contribution in [2.24, 2.45) is 0 Å². The molecule has 84 valence electrons. The Morgan fingerprint density at radius 3 is 2.62 bits per heavy atom. The Morgan fingerprint density at radius 1 is 1.50 bits per heavy atom. The molecule has 0 saturated heterocycles. The lowest BCUT2D eigenvalue weighted by molar-refractivity contribution is -0.385. The number of nitro groups is 1. The van der Waals surface area contributed by atoms with Crippen LogP contribution in [0.5, 0.6) is 5.75 Å². The number of aromatic hydroxyl groups is 1. The molecule has 0 bridgehead atoms. The molecule has 1 aromatic rings. The molecule has 7 heteroatoms. The molecule has 0 fully saturated rings. The summed E-state index contributed by atoms with van der Waals surface area (Å²) >= 11 is 5.58. The summed E-state index contributed by atoms with van der Waals surface area (Å²) in [6.45, 7) is 0. The molecule has 0 aliphatic rings. The van der Waals surface area contributed by atoms with Gasteiger partial charge in [0.2, 0.25) is 5.75 Å². The largest absolute Gasteiger partial charge is 0.502 e. The van der Waals surface area contributed by atoms with Gasteiger partial charge in [-0.25, -0.2) is 4.79 Å². The molecule has 0 unspecified atom stereocenters. The number of hydrogen-bond acceptors (Lipinski definition) is 4. The van der Waals surface area contributed by atoms with Crippen LogP contribution in [0.2, 0.25) is 5.02 Å². The zero-order valence-corrected chi connectivity index (χ0v) is 8.51. The first kappa shape index (κ1) is 12.0. The molecule has 0 amide bonds. The molecule has 0 heterocycles. The van der Waals surface area contributed by atoms with Crippen molar-refractivity contribution in [3.8, 4) is 5.75 Å². The van der Waals surface area contributed by atoms with Crippen molar-refractivity contribution in [2.45, 2.75) is 0 Å². The summed E-state index contributed by atoms with van der Waals surface area (Å²) in [6, 6.07) is 2.21. The minimum Gasteiger partial charge on any atom is -0.502 e. The first-order chi connectivity index (χ1) is 7.41. The second kappa shape index (κ2) is 4.63. The summed E-state index contributed by atoms with van der Waals surface area (Å²) in [6.07, 6.45) is 1.77. The van der Waals surface area contributed by atoms with Crippen LogP contribution in [-0.4, -0.2) is 21.1 Å². The predicted molar refractivity (Wildman–Crippen MR) is 56.4 cm³/mol. The fourth-order valence-corrected chi connectivity index (χ4v) is 1.25. The van der Waals surface area contributed by atoms with Crippen molar-refractivity contribution in [3.05, 3.63) is 38.9 Å². The number of benzene rings is 1. The Balaban J connectivity index is 3.29. The van der Waals surface area contributed by atoms with Crippen molar-refractivity contribution in [2.75, 3.05) is 0 Å². The van der Waals surface area contributed by atoms with Crippen molar-refractivity contribution < 1.29 is 19.9 Å². The predicted octanol–water partition coefficient (Wildman–Crippen LogP) is 2.05. The van der Waals surface area contributed by atoms with E-state index in [-0.39, 0.29) is 10.6 Å². The zero-order chi connectivity index (χ0) is 12.3. The van der Waals surface area contributed by atoms with Crippen LogP contribution in [0.25, 0.3) is 6.08 Å². The number of phenols is 1. The minimum absolute atomic E-state index is 0.0263. The molecular formula is C9H6ClNO5. The van der Waals surface area contributed by atoms with Crippen molar-refractivity contribution in [3.63, 3.8) is 0 Å². The number of phenolic OH excluding ortho intramolecular Hbond substituents is 1. The van der Waals surface area contributed by atoms with Gasteiger partial charge in [0.05, 0.1) is 4.92 Å². The van der Waals surface area contributed by atoms with Gasteiger partial charge < -0.3 is 10.2 Å². The maximum atomic E-state index is 10.5. The highest BCUT2D eigenvalue weighted by atomic mass is 35.5. The van der Waals surface area contributed by atoms with E-state index in [1.54, 1.807) is 0 Å². The summed E-state index contributed by atoms with van der Waals surface area (Å²) in [7, 11) is 0. The Labute approximate surface area is 94.5 Å². The Bertz CT molecular complexity index is 483. The topological polar surface area (TPSA) is 101 Å². The Kier molecular flexibility index (Phi) is 3.47. The first-order valence-electron chi connectivity index (χ1n) is 3.99. The standard InChI is InChI=1S/C9H6ClNO5/c10-6-3-5(1-2-8(12)13)9(14)7(4-6)11(15)16/h1-4,14H,(H,12,13)/b2-1+. The van der Waals surface area contributed by atoms with Gasteiger partial charge in [0.1, 0.15) is 0 Å². The number of carboxylic acids is 1. The zero-order valence-electron chi connectivity index (χ0n) is 7.75. The molecule has 0 saturated carbocycles. The minimum atomic E-state index is -1.23. The van der Waals surface area contributed by atoms with Gasteiger partial charge in [0.25, 0.3) is 0 Å². The van der Waals surface area contributed by atoms with Crippen LogP contribution < -0.4 is 0 Å². The van der Waals surface area contributed by atoms with Gasteiger partial charge in [-0.15, -0.1) is 0 Å². The molecule has 0 radical (unpaired) electrons. The molecule has 1 rings (SSSR count). The molecule has 2 N–H and O–H groups in total. The number of nitro benzene ring substituents is 1. The molecule has 0 atom stereocenters. The number of carbonyl (C=O) groups is 1. The van der Waals surface area contributed by atoms with Crippen LogP contribution in [-0.2, 0) is 4.79 Å². The van der Waals surface area contributed by atoms with E-state index in [0.717, 1.165) is 18.2 Å². The SMILES string of the molecule is O=C(O)/C=C/c1cc(Cl)cc([N+](=O)[O-])c1O. The van der Waals surface area contributed by atoms with E-state index in [0.29, 0.717) is 0 Å². The number of hydrogen-bond donors (Lipinski definition) is 2. The lowest BCUT2D eigenvalue weighted by atomic mass is 10.1. The van der Waals surface area contributed by atoms with Gasteiger partial charge in [-0.05, 0) is 12.1 Å². The third-order valence-electron chi connectivity index (χ3n) is 1.69. The molecule has 0 aliphatic heterocycles. The van der Waals surface area contributed by atoms with Gasteiger partial charge in [-0.2, -0.15) is 0 Å². The van der Waals surface area contributed by atoms with E-state index in [4.69, 9.17) is 16.7 Å². The molecule has 0 aliphatic carbocycles. The van der Waals surface area contributed by atoms with Crippen LogP contribution >= 0.6 is 11.6 Å². The van der Waals surface area contributed by atoms with Crippen LogP contribution in [0.3, 0.4) is 0 Å². The van der Waals surface area contributed by atoms with Gasteiger partial charge in [0, 0.05) is 22.7 Å². The molecule has 0 spiro atoms. The molecule has 6 nitrogen and oxygen atoms in total. The molecule has 0 aromatic heterocycles. The van der Waals surface area contributed by atoms with Gasteiger partial charge in [0.15, 0.2) is 0 Å². The van der Waals surface area contributed by atoms with E-state index < -0.39 is 22.3 Å². The van der Waals surface area contributed by atoms with Crippen molar-refractivity contribution in [1.82, 2.24) is 0 Å². The van der Waals surface area contributed by atoms with E-state index in [9.17, 15) is 20.0 Å². The van der Waals surface area contributed by atoms with Crippen LogP contribution in [0, 0.1) is 10.1 Å². The first-order valence-corrected chi connectivity index (χ1v) is 4.37. The Hall–Kier alpha value is -2.08. The van der Waals surface area contributed by atoms with Crippen LogP contribution in [0.1, 0.15) is 5.56 Å². The molecular weight excluding hydrogens is 238 g/mol. The number of rotatable bonds is 3. The summed E-state index contributed by atoms with van der Waals surface area (Å²) in [5.41, 5.74) is -0.598. The van der Waals surface area contributed by atoms with Crippen LogP contribution in [0.4, 0.5) is 5.69 Å². The van der Waals surface area contributed by atoms with Gasteiger partial charge >= 0.3 is 11.7 Å². The smallest absolute Gasteiger partial charge is 0.328 e. The average Bonchev–Trinajstić information content (AvgIpc) is 2.18. The number of halogens is 1. The second-order valence-electron chi connectivity index (χ2n) is 2.79. The Morgan fingerprint density at radius 2 is 2.12 bits per heavy atom. The quantitative estimate of drug-likeness (QED) is 0.481. The average molecular weight is 244 g/mol. The fraction of sp³-hybridized carbons (Fsp3) is 0.